The molecule has 34 atom stereocenters. The first-order valence-electron chi connectivity index (χ1n) is 31.4. The van der Waals surface area contributed by atoms with E-state index in [2.05, 4.69) is 47.6 Å². The summed E-state index contributed by atoms with van der Waals surface area (Å²) in [6, 6.07) is 0. The summed E-state index contributed by atoms with van der Waals surface area (Å²) in [6.07, 6.45) is -32.7. The normalized spacial score (nSPS) is 51.4. The van der Waals surface area contributed by atoms with Crippen LogP contribution in [-0.2, 0) is 47.4 Å². The molecular weight excluding hydrogens is 1170 g/mol. The highest BCUT2D eigenvalue weighted by atomic mass is 16.8. The maximum atomic E-state index is 12.8. The molecule has 0 bridgehead atoms. The van der Waals surface area contributed by atoms with Gasteiger partial charge in [-0.1, -0.05) is 53.2 Å². The zero-order chi connectivity index (χ0) is 64.7. The molecule has 510 valence electrons. The van der Waals surface area contributed by atoms with E-state index in [0.29, 0.717) is 38.5 Å². The van der Waals surface area contributed by atoms with Crippen molar-refractivity contribution in [2.75, 3.05) is 33.0 Å². The van der Waals surface area contributed by atoms with Gasteiger partial charge in [0.15, 0.2) is 31.5 Å². The number of ether oxygens (including phenoxy) is 10. The molecular formula is C60H102O28. The molecule has 5 saturated heterocycles. The summed E-state index contributed by atoms with van der Waals surface area (Å²) < 4.78 is 58.9. The first-order valence-corrected chi connectivity index (χ1v) is 31.4. The van der Waals surface area contributed by atoms with Crippen LogP contribution in [0.15, 0.2) is 11.6 Å². The third-order valence-corrected chi connectivity index (χ3v) is 22.7. The van der Waals surface area contributed by atoms with Crippen LogP contribution >= 0.6 is 0 Å². The molecule has 3 unspecified atom stereocenters. The predicted octanol–water partition coefficient (Wildman–Crippen LogP) is -4.38. The Bertz CT molecular complexity index is 2310. The van der Waals surface area contributed by atoms with Gasteiger partial charge >= 0.3 is 0 Å². The van der Waals surface area contributed by atoms with Crippen LogP contribution in [0.2, 0.25) is 0 Å². The Kier molecular flexibility index (Phi) is 22.1. The lowest BCUT2D eigenvalue weighted by atomic mass is 9.38. The number of hydrogen-bond donors (Lipinski definition) is 18. The predicted molar refractivity (Wildman–Crippen MR) is 299 cm³/mol. The van der Waals surface area contributed by atoms with Crippen LogP contribution in [0.5, 0.6) is 0 Å². The Morgan fingerprint density at radius 1 is 0.557 bits per heavy atom. The van der Waals surface area contributed by atoms with Crippen molar-refractivity contribution in [2.45, 2.75) is 285 Å². The molecule has 28 heteroatoms. The highest BCUT2D eigenvalue weighted by Gasteiger charge is 2.70. The van der Waals surface area contributed by atoms with Gasteiger partial charge in [-0.15, -0.1) is 0 Å². The van der Waals surface area contributed by atoms with E-state index in [-0.39, 0.29) is 47.5 Å². The number of rotatable bonds is 20. The zero-order valence-corrected chi connectivity index (χ0v) is 51.5. The van der Waals surface area contributed by atoms with Gasteiger partial charge in [-0.3, -0.25) is 0 Å². The number of hydrogen-bond acceptors (Lipinski definition) is 28. The third-order valence-electron chi connectivity index (χ3n) is 22.7. The summed E-state index contributed by atoms with van der Waals surface area (Å²) in [5.41, 5.74) is -2.06. The summed E-state index contributed by atoms with van der Waals surface area (Å²) in [7, 11) is 0. The van der Waals surface area contributed by atoms with E-state index < -0.39 is 209 Å². The second kappa shape index (κ2) is 27.4. The molecule has 0 radical (unpaired) electrons. The summed E-state index contributed by atoms with van der Waals surface area (Å²) in [6.45, 7) is 13.2. The minimum Gasteiger partial charge on any atom is -0.394 e. The van der Waals surface area contributed by atoms with Crippen molar-refractivity contribution < 1.29 is 139 Å². The molecule has 8 fully saturated rings. The molecule has 0 spiro atoms. The van der Waals surface area contributed by atoms with E-state index in [9.17, 15) is 91.9 Å². The zero-order valence-electron chi connectivity index (χ0n) is 51.5. The van der Waals surface area contributed by atoms with E-state index in [0.717, 1.165) is 18.4 Å². The van der Waals surface area contributed by atoms with Gasteiger partial charge in [0.2, 0.25) is 0 Å². The quantitative estimate of drug-likeness (QED) is 0.0512. The minimum absolute atomic E-state index is 0.0323. The fourth-order valence-corrected chi connectivity index (χ4v) is 17.0. The minimum atomic E-state index is -1.87. The smallest absolute Gasteiger partial charge is 0.187 e. The van der Waals surface area contributed by atoms with Crippen LogP contribution in [0.4, 0.5) is 0 Å². The van der Waals surface area contributed by atoms with Crippen molar-refractivity contribution >= 4 is 0 Å². The molecule has 5 heterocycles. The lowest BCUT2D eigenvalue weighted by Crippen LogP contribution is -2.65. The maximum Gasteiger partial charge on any atom is 0.187 e. The highest BCUT2D eigenvalue weighted by molar-refractivity contribution is 5.32. The number of fused-ring (bicyclic) bond motifs is 5. The standard InChI is InChI=1S/C60H102O28/c1-24(9-13-37(57(4,5)78)87-54-47(75)45(73)41(69)33(85-54)23-80-51-46(74)43(71)39(67)30(19-61)82-51)26-15-16-58(6)34-12-10-27-28(60(34,8)35(65)18-59(26,58)7)11-14-36(56(27,2)3)86-53-38(66)29(64)17-25(81-53)22-79-52-49(77)50(42(70)32(21-63)83-52)88-55-48(76)44(72)40(68)31(20-62)84-55/h10,24-26,28-55,61-78H,9,11-23H2,1-8H3/t24-,25+,26?,28?,29+,30-,31-,32-,33-,34?,35-,36+,37-,38-,39-,40-,41-,42-,43+,44+,45+,46-,47-,48-,49-,50+,51-,52-,53+,54+,55+,58+,59-,60+/m1/s1. The van der Waals surface area contributed by atoms with E-state index in [1.165, 1.54) is 0 Å². The van der Waals surface area contributed by atoms with Crippen molar-refractivity contribution in [2.24, 2.45) is 45.3 Å². The van der Waals surface area contributed by atoms with E-state index >= 15 is 0 Å². The first-order chi connectivity index (χ1) is 41.2. The Balaban J connectivity index is 0.821. The van der Waals surface area contributed by atoms with Crippen LogP contribution in [0.1, 0.15) is 113 Å². The van der Waals surface area contributed by atoms with Gasteiger partial charge in [0, 0.05) is 17.3 Å². The second-order valence-corrected chi connectivity index (χ2v) is 28.6. The largest absolute Gasteiger partial charge is 0.394 e. The molecule has 0 aromatic carbocycles. The fraction of sp³-hybridized carbons (Fsp3) is 0.967. The number of allylic oxidation sites excluding steroid dienone is 1. The summed E-state index contributed by atoms with van der Waals surface area (Å²) >= 11 is 0. The third kappa shape index (κ3) is 13.0. The van der Waals surface area contributed by atoms with Crippen molar-refractivity contribution in [1.29, 1.82) is 0 Å². The van der Waals surface area contributed by atoms with Gasteiger partial charge in [-0.05, 0) is 99.7 Å². The Morgan fingerprint density at radius 3 is 1.68 bits per heavy atom. The van der Waals surface area contributed by atoms with Gasteiger partial charge in [0.1, 0.15) is 104 Å². The molecule has 0 aromatic rings. The van der Waals surface area contributed by atoms with Crippen molar-refractivity contribution in [3.05, 3.63) is 11.6 Å². The van der Waals surface area contributed by atoms with Crippen LogP contribution < -0.4 is 0 Å². The molecule has 3 saturated carbocycles. The molecule has 9 rings (SSSR count). The SMILES string of the molecule is C[C@H](CC[C@@H](O[C@@H]1O[C@H](CO[C@@H]2O[C@H](CO)[C@@H](O)[C@H](O)[C@H]2O)[C@@H](O)[C@H](O)[C@H]1O)C(C)(C)O)C1CC[C@@]2(C)C3CC=C4C(CC[C@H](O[C@@H]5O[C@H](CO[C@@H]6O[C@H](CO)[C@@H](O)[C@H](O[C@@H]7O[C@H](CO)[C@@H](O)[C@H](O)[C@H]7O)[C@H]6O)C[C@H](O)[C@H]5O)C4(C)C)[C@]3(C)[C@H](O)C[C@]12C. The van der Waals surface area contributed by atoms with Crippen LogP contribution in [0.25, 0.3) is 0 Å². The summed E-state index contributed by atoms with van der Waals surface area (Å²) in [4.78, 5) is 0. The van der Waals surface area contributed by atoms with E-state index in [1.54, 1.807) is 13.8 Å². The van der Waals surface area contributed by atoms with Crippen LogP contribution in [0, 0.1) is 45.3 Å². The Morgan fingerprint density at radius 2 is 1.08 bits per heavy atom. The molecule has 18 N–H and O–H groups in total. The molecule has 5 aliphatic heterocycles. The van der Waals surface area contributed by atoms with Crippen molar-refractivity contribution in [3.8, 4) is 0 Å². The lowest BCUT2D eigenvalue weighted by Gasteiger charge is -2.67. The lowest BCUT2D eigenvalue weighted by molar-refractivity contribution is -0.364. The summed E-state index contributed by atoms with van der Waals surface area (Å²) in [5, 5.41) is 194. The Labute approximate surface area is 512 Å². The molecule has 28 nitrogen and oxygen atoms in total. The molecule has 4 aliphatic carbocycles. The van der Waals surface area contributed by atoms with Crippen LogP contribution in [0.3, 0.4) is 0 Å². The van der Waals surface area contributed by atoms with Gasteiger partial charge in [-0.2, -0.15) is 0 Å². The molecule has 88 heavy (non-hydrogen) atoms. The molecule has 0 aromatic heterocycles. The van der Waals surface area contributed by atoms with Crippen LogP contribution in [-0.4, -0.2) is 296 Å². The average molecular weight is 1270 g/mol. The second-order valence-electron chi connectivity index (χ2n) is 28.6. The first kappa shape index (κ1) is 70.9. The van der Waals surface area contributed by atoms with E-state index in [1.807, 2.05) is 0 Å². The summed E-state index contributed by atoms with van der Waals surface area (Å²) in [5.74, 6) is 0.261. The maximum absolute atomic E-state index is 12.8. The van der Waals surface area contributed by atoms with E-state index in [4.69, 9.17) is 47.4 Å². The number of aliphatic hydroxyl groups excluding tert-OH is 17. The molecule has 0 amide bonds. The number of aliphatic hydroxyl groups is 18. The van der Waals surface area contributed by atoms with Crippen molar-refractivity contribution in [1.82, 2.24) is 0 Å². The van der Waals surface area contributed by atoms with Gasteiger partial charge in [-0.25, -0.2) is 0 Å². The van der Waals surface area contributed by atoms with Gasteiger partial charge in [0.05, 0.1) is 69.2 Å². The topological polar surface area (TPSA) is 456 Å². The fourth-order valence-electron chi connectivity index (χ4n) is 17.0. The molecule has 9 aliphatic rings. The Hall–Kier alpha value is -1.38. The van der Waals surface area contributed by atoms with Gasteiger partial charge < -0.3 is 139 Å². The van der Waals surface area contributed by atoms with Crippen molar-refractivity contribution in [3.63, 3.8) is 0 Å². The monoisotopic (exact) mass is 1270 g/mol. The van der Waals surface area contributed by atoms with Gasteiger partial charge in [0.25, 0.3) is 0 Å². The average Bonchev–Trinajstić information content (AvgIpc) is 1.33. The highest BCUT2D eigenvalue weighted by Crippen LogP contribution is 2.75.